The molecule has 0 amide bonds. The number of hydrogen-bond donors (Lipinski definition) is 0. The summed E-state index contributed by atoms with van der Waals surface area (Å²) in [5.74, 6) is 0.677. The van der Waals surface area contributed by atoms with Gasteiger partial charge >= 0.3 is 0 Å². The van der Waals surface area contributed by atoms with Crippen molar-refractivity contribution in [1.29, 1.82) is 0 Å². The SMILES string of the molecule is COc1cc(C=O)c(OCc2cccnc2-c2ccnn2CC=O)cn1. The van der Waals surface area contributed by atoms with Gasteiger partial charge in [0.2, 0.25) is 5.88 Å². The highest BCUT2D eigenvalue weighted by atomic mass is 16.5. The molecule has 0 unspecified atom stereocenters. The lowest BCUT2D eigenvalue weighted by atomic mass is 10.1. The Bertz CT molecular complexity index is 923. The summed E-state index contributed by atoms with van der Waals surface area (Å²) in [7, 11) is 1.47. The van der Waals surface area contributed by atoms with E-state index in [1.165, 1.54) is 19.4 Å². The number of pyridine rings is 2. The fourth-order valence-electron chi connectivity index (χ4n) is 2.45. The zero-order valence-corrected chi connectivity index (χ0v) is 14.0. The molecule has 0 bridgehead atoms. The molecule has 3 heterocycles. The molecule has 0 atom stereocenters. The first-order valence-electron chi connectivity index (χ1n) is 7.78. The number of methoxy groups -OCH3 is 1. The molecule has 8 heteroatoms. The molecule has 0 aliphatic carbocycles. The minimum atomic E-state index is 0.136. The van der Waals surface area contributed by atoms with Gasteiger partial charge in [0.25, 0.3) is 0 Å². The van der Waals surface area contributed by atoms with Crippen molar-refractivity contribution in [3.8, 4) is 23.0 Å². The van der Waals surface area contributed by atoms with Gasteiger partial charge in [-0.1, -0.05) is 6.07 Å². The van der Waals surface area contributed by atoms with Gasteiger partial charge in [-0.3, -0.25) is 14.5 Å². The van der Waals surface area contributed by atoms with Crippen molar-refractivity contribution >= 4 is 12.6 Å². The normalized spacial score (nSPS) is 10.3. The molecular formula is C18H16N4O4. The Hall–Kier alpha value is -3.55. The molecular weight excluding hydrogens is 336 g/mol. The van der Waals surface area contributed by atoms with Gasteiger partial charge in [-0.2, -0.15) is 5.10 Å². The number of hydrogen-bond acceptors (Lipinski definition) is 7. The van der Waals surface area contributed by atoms with E-state index in [-0.39, 0.29) is 13.2 Å². The smallest absolute Gasteiger partial charge is 0.213 e. The van der Waals surface area contributed by atoms with Crippen molar-refractivity contribution in [3.63, 3.8) is 0 Å². The molecule has 0 aromatic carbocycles. The van der Waals surface area contributed by atoms with Crippen LogP contribution in [0.5, 0.6) is 11.6 Å². The van der Waals surface area contributed by atoms with Crippen molar-refractivity contribution in [2.24, 2.45) is 0 Å². The van der Waals surface area contributed by atoms with Gasteiger partial charge in [0.1, 0.15) is 18.6 Å². The van der Waals surface area contributed by atoms with Crippen LogP contribution < -0.4 is 9.47 Å². The first kappa shape index (κ1) is 17.3. The predicted octanol–water partition coefficient (Wildman–Crippen LogP) is 1.94. The highest BCUT2D eigenvalue weighted by molar-refractivity contribution is 5.79. The van der Waals surface area contributed by atoms with E-state index in [1.54, 1.807) is 29.2 Å². The van der Waals surface area contributed by atoms with Gasteiger partial charge in [0.05, 0.1) is 36.8 Å². The maximum Gasteiger partial charge on any atom is 0.213 e. The molecule has 0 fully saturated rings. The van der Waals surface area contributed by atoms with E-state index in [0.29, 0.717) is 34.9 Å². The van der Waals surface area contributed by atoms with E-state index in [2.05, 4.69) is 15.1 Å². The molecule has 0 N–H and O–H groups in total. The summed E-state index contributed by atoms with van der Waals surface area (Å²) in [6.07, 6.45) is 6.16. The number of aldehydes is 2. The second-order valence-electron chi connectivity index (χ2n) is 5.25. The zero-order chi connectivity index (χ0) is 18.4. The van der Waals surface area contributed by atoms with Crippen LogP contribution in [0, 0.1) is 0 Å². The van der Waals surface area contributed by atoms with Crippen LogP contribution in [-0.4, -0.2) is 39.4 Å². The van der Waals surface area contributed by atoms with Crippen LogP contribution in [0.2, 0.25) is 0 Å². The minimum Gasteiger partial charge on any atom is -0.486 e. The van der Waals surface area contributed by atoms with Crippen LogP contribution >= 0.6 is 0 Å². The largest absolute Gasteiger partial charge is 0.486 e. The van der Waals surface area contributed by atoms with E-state index in [4.69, 9.17) is 9.47 Å². The first-order valence-corrected chi connectivity index (χ1v) is 7.78. The van der Waals surface area contributed by atoms with Crippen molar-refractivity contribution < 1.29 is 19.1 Å². The maximum absolute atomic E-state index is 11.3. The monoisotopic (exact) mass is 352 g/mol. The summed E-state index contributed by atoms with van der Waals surface area (Å²) in [6, 6.07) is 6.93. The van der Waals surface area contributed by atoms with Gasteiger partial charge in [0, 0.05) is 24.0 Å². The van der Waals surface area contributed by atoms with E-state index in [9.17, 15) is 9.59 Å². The number of ether oxygens (including phenoxy) is 2. The molecule has 0 saturated carbocycles. The molecule has 3 rings (SSSR count). The Labute approximate surface area is 149 Å². The molecule has 8 nitrogen and oxygen atoms in total. The Morgan fingerprint density at radius 1 is 1.19 bits per heavy atom. The van der Waals surface area contributed by atoms with Crippen LogP contribution in [-0.2, 0) is 17.9 Å². The van der Waals surface area contributed by atoms with Gasteiger partial charge in [-0.05, 0) is 12.1 Å². The summed E-state index contributed by atoms with van der Waals surface area (Å²) in [6.45, 7) is 0.307. The molecule has 0 aliphatic rings. The van der Waals surface area contributed by atoms with Crippen LogP contribution in [0.1, 0.15) is 15.9 Å². The van der Waals surface area contributed by atoms with E-state index >= 15 is 0 Å². The Balaban J connectivity index is 1.87. The first-order chi connectivity index (χ1) is 12.8. The third-order valence-electron chi connectivity index (χ3n) is 3.69. The molecule has 26 heavy (non-hydrogen) atoms. The Kier molecular flexibility index (Phi) is 5.33. The standard InChI is InChI=1S/C18H16N4O4/c1-25-17-9-14(11-24)16(10-20-17)26-12-13-3-2-5-19-18(13)15-4-6-21-22(15)7-8-23/h2-6,8-11H,7,12H2,1H3. The van der Waals surface area contributed by atoms with Crippen molar-refractivity contribution in [3.05, 3.63) is 54.0 Å². The quantitative estimate of drug-likeness (QED) is 0.572. The number of rotatable bonds is 8. The van der Waals surface area contributed by atoms with Crippen molar-refractivity contribution in [2.45, 2.75) is 13.2 Å². The van der Waals surface area contributed by atoms with Crippen molar-refractivity contribution in [2.75, 3.05) is 7.11 Å². The number of carbonyl (C=O) groups excluding carboxylic acids is 2. The van der Waals surface area contributed by atoms with Gasteiger partial charge < -0.3 is 14.3 Å². The zero-order valence-electron chi connectivity index (χ0n) is 14.0. The second-order valence-corrected chi connectivity index (χ2v) is 5.25. The average molecular weight is 352 g/mol. The highest BCUT2D eigenvalue weighted by Gasteiger charge is 2.13. The van der Waals surface area contributed by atoms with Crippen LogP contribution in [0.25, 0.3) is 11.4 Å². The molecule has 0 saturated heterocycles. The summed E-state index contributed by atoms with van der Waals surface area (Å²) in [5, 5.41) is 4.12. The summed E-state index contributed by atoms with van der Waals surface area (Å²) >= 11 is 0. The molecule has 3 aromatic rings. The van der Waals surface area contributed by atoms with Gasteiger partial charge in [-0.15, -0.1) is 0 Å². The summed E-state index contributed by atoms with van der Waals surface area (Å²) in [4.78, 5) is 30.5. The summed E-state index contributed by atoms with van der Waals surface area (Å²) < 4.78 is 12.3. The average Bonchev–Trinajstić information content (AvgIpc) is 3.15. The van der Waals surface area contributed by atoms with Gasteiger partial charge in [0.15, 0.2) is 6.29 Å². The highest BCUT2D eigenvalue weighted by Crippen LogP contribution is 2.24. The lowest BCUT2D eigenvalue weighted by Crippen LogP contribution is -2.07. The third kappa shape index (κ3) is 3.59. The fraction of sp³-hybridized carbons (Fsp3) is 0.167. The molecule has 0 radical (unpaired) electrons. The van der Waals surface area contributed by atoms with E-state index in [0.717, 1.165) is 11.8 Å². The van der Waals surface area contributed by atoms with Crippen LogP contribution in [0.3, 0.4) is 0 Å². The van der Waals surface area contributed by atoms with E-state index in [1.807, 2.05) is 6.07 Å². The Morgan fingerprint density at radius 2 is 2.08 bits per heavy atom. The maximum atomic E-state index is 11.3. The molecule has 132 valence electrons. The van der Waals surface area contributed by atoms with Gasteiger partial charge in [-0.25, -0.2) is 4.98 Å². The lowest BCUT2D eigenvalue weighted by molar-refractivity contribution is -0.108. The predicted molar refractivity (Wildman–Crippen MR) is 92.0 cm³/mol. The summed E-state index contributed by atoms with van der Waals surface area (Å²) in [5.41, 5.74) is 2.49. The van der Waals surface area contributed by atoms with E-state index < -0.39 is 0 Å². The number of carbonyl (C=O) groups is 2. The molecule has 0 spiro atoms. The molecule has 3 aromatic heterocycles. The minimum absolute atomic E-state index is 0.136. The third-order valence-corrected chi connectivity index (χ3v) is 3.69. The number of nitrogens with zero attached hydrogens (tertiary/aromatic N) is 4. The second kappa shape index (κ2) is 8.02. The lowest BCUT2D eigenvalue weighted by Gasteiger charge is -2.12. The van der Waals surface area contributed by atoms with Crippen LogP contribution in [0.4, 0.5) is 0 Å². The topological polar surface area (TPSA) is 96.2 Å². The number of aromatic nitrogens is 4. The fourth-order valence-corrected chi connectivity index (χ4v) is 2.45. The Morgan fingerprint density at radius 3 is 2.85 bits per heavy atom. The molecule has 0 aliphatic heterocycles. The van der Waals surface area contributed by atoms with Crippen molar-refractivity contribution in [1.82, 2.24) is 19.7 Å². The van der Waals surface area contributed by atoms with Crippen LogP contribution in [0.15, 0.2) is 42.9 Å².